The first-order valence-corrected chi connectivity index (χ1v) is 7.68. The normalized spacial score (nSPS) is 10.7. The molecule has 5 heteroatoms. The van der Waals surface area contributed by atoms with Crippen molar-refractivity contribution in [3.8, 4) is 11.5 Å². The molecular formula is C16H21ClN2O2. The van der Waals surface area contributed by atoms with Crippen LogP contribution in [-0.4, -0.2) is 16.4 Å². The van der Waals surface area contributed by atoms with Gasteiger partial charge in [0.15, 0.2) is 11.5 Å². The summed E-state index contributed by atoms with van der Waals surface area (Å²) >= 11 is 5.99. The van der Waals surface area contributed by atoms with Crippen molar-refractivity contribution in [1.82, 2.24) is 9.78 Å². The fourth-order valence-corrected chi connectivity index (χ4v) is 2.34. The Morgan fingerprint density at radius 1 is 1.24 bits per heavy atom. The number of alkyl halides is 1. The number of hydrogen-bond donors (Lipinski definition) is 0. The van der Waals surface area contributed by atoms with E-state index < -0.39 is 0 Å². The highest BCUT2D eigenvalue weighted by Gasteiger charge is 2.12. The standard InChI is InChI=1S/C16H21ClN2O2/c1-4-13-9-14(19(3)18-13)11-21-16-12(10-17)7-6-8-15(16)20-5-2/h6-9H,4-5,10-11H2,1-3H3. The van der Waals surface area contributed by atoms with E-state index in [1.165, 1.54) is 0 Å². The van der Waals surface area contributed by atoms with Crippen LogP contribution in [0, 0.1) is 0 Å². The number of aryl methyl sites for hydroxylation is 2. The Hall–Kier alpha value is -1.68. The molecule has 1 aromatic heterocycles. The third-order valence-electron chi connectivity index (χ3n) is 3.26. The minimum absolute atomic E-state index is 0.391. The van der Waals surface area contributed by atoms with E-state index in [1.54, 1.807) is 0 Å². The van der Waals surface area contributed by atoms with E-state index in [2.05, 4.69) is 18.1 Å². The number of nitrogens with zero attached hydrogens (tertiary/aromatic N) is 2. The molecule has 0 radical (unpaired) electrons. The van der Waals surface area contributed by atoms with Crippen molar-refractivity contribution in [2.45, 2.75) is 32.8 Å². The molecule has 0 N–H and O–H groups in total. The Labute approximate surface area is 130 Å². The van der Waals surface area contributed by atoms with E-state index in [4.69, 9.17) is 21.1 Å². The van der Waals surface area contributed by atoms with Crippen LogP contribution in [0.3, 0.4) is 0 Å². The Morgan fingerprint density at radius 3 is 2.67 bits per heavy atom. The zero-order valence-electron chi connectivity index (χ0n) is 12.7. The second-order valence-electron chi connectivity index (χ2n) is 4.70. The summed E-state index contributed by atoms with van der Waals surface area (Å²) in [5, 5.41) is 4.42. The first-order chi connectivity index (χ1) is 10.2. The maximum atomic E-state index is 5.99. The Morgan fingerprint density at radius 2 is 2.05 bits per heavy atom. The molecule has 0 fully saturated rings. The van der Waals surface area contributed by atoms with Gasteiger partial charge in [0.2, 0.25) is 0 Å². The van der Waals surface area contributed by atoms with Crippen molar-refractivity contribution in [1.29, 1.82) is 0 Å². The molecule has 0 saturated carbocycles. The van der Waals surface area contributed by atoms with Crippen molar-refractivity contribution < 1.29 is 9.47 Å². The molecule has 0 unspecified atom stereocenters. The van der Waals surface area contributed by atoms with Gasteiger partial charge in [0.1, 0.15) is 6.61 Å². The lowest BCUT2D eigenvalue weighted by Gasteiger charge is -2.14. The quantitative estimate of drug-likeness (QED) is 0.732. The third-order valence-corrected chi connectivity index (χ3v) is 3.55. The minimum Gasteiger partial charge on any atom is -0.490 e. The number of hydrogen-bond acceptors (Lipinski definition) is 3. The van der Waals surface area contributed by atoms with E-state index in [9.17, 15) is 0 Å². The van der Waals surface area contributed by atoms with Crippen molar-refractivity contribution in [3.63, 3.8) is 0 Å². The first kappa shape index (κ1) is 15.7. The largest absolute Gasteiger partial charge is 0.490 e. The van der Waals surface area contributed by atoms with Crippen LogP contribution in [0.2, 0.25) is 0 Å². The molecule has 0 saturated heterocycles. The van der Waals surface area contributed by atoms with Gasteiger partial charge in [-0.25, -0.2) is 0 Å². The fourth-order valence-electron chi connectivity index (χ4n) is 2.12. The van der Waals surface area contributed by atoms with Crippen LogP contribution in [0.4, 0.5) is 0 Å². The van der Waals surface area contributed by atoms with Gasteiger partial charge in [0, 0.05) is 12.6 Å². The molecule has 0 bridgehead atoms. The van der Waals surface area contributed by atoms with Crippen LogP contribution in [0.15, 0.2) is 24.3 Å². The highest BCUT2D eigenvalue weighted by atomic mass is 35.5. The molecule has 0 aliphatic carbocycles. The van der Waals surface area contributed by atoms with E-state index >= 15 is 0 Å². The molecule has 21 heavy (non-hydrogen) atoms. The van der Waals surface area contributed by atoms with Crippen LogP contribution < -0.4 is 9.47 Å². The Kier molecular flexibility index (Phi) is 5.51. The molecule has 1 aromatic carbocycles. The van der Waals surface area contributed by atoms with E-state index in [-0.39, 0.29) is 0 Å². The van der Waals surface area contributed by atoms with Gasteiger partial charge in [-0.1, -0.05) is 19.1 Å². The number of rotatable bonds is 7. The van der Waals surface area contributed by atoms with E-state index in [0.29, 0.717) is 24.8 Å². The van der Waals surface area contributed by atoms with Crippen LogP contribution in [0.1, 0.15) is 30.8 Å². The van der Waals surface area contributed by atoms with Crippen molar-refractivity contribution in [2.24, 2.45) is 7.05 Å². The van der Waals surface area contributed by atoms with Gasteiger partial charge in [0.05, 0.1) is 23.9 Å². The fraction of sp³-hybridized carbons (Fsp3) is 0.438. The van der Waals surface area contributed by atoms with Gasteiger partial charge < -0.3 is 9.47 Å². The summed E-state index contributed by atoms with van der Waals surface area (Å²) in [6.07, 6.45) is 0.913. The molecule has 4 nitrogen and oxygen atoms in total. The van der Waals surface area contributed by atoms with Gasteiger partial charge in [-0.3, -0.25) is 4.68 Å². The monoisotopic (exact) mass is 308 g/mol. The number of aromatic nitrogens is 2. The number of halogens is 1. The molecule has 0 aliphatic heterocycles. The third kappa shape index (κ3) is 3.70. The molecule has 0 atom stereocenters. The van der Waals surface area contributed by atoms with Crippen LogP contribution in [0.5, 0.6) is 11.5 Å². The van der Waals surface area contributed by atoms with Gasteiger partial charge >= 0.3 is 0 Å². The molecule has 0 amide bonds. The van der Waals surface area contributed by atoms with Gasteiger partial charge in [-0.2, -0.15) is 5.10 Å². The summed E-state index contributed by atoms with van der Waals surface area (Å²) < 4.78 is 13.4. The van der Waals surface area contributed by atoms with Crippen molar-refractivity contribution in [2.75, 3.05) is 6.61 Å². The lowest BCUT2D eigenvalue weighted by atomic mass is 10.2. The lowest BCUT2D eigenvalue weighted by Crippen LogP contribution is -2.05. The molecule has 2 rings (SSSR count). The molecule has 2 aromatic rings. The highest BCUT2D eigenvalue weighted by Crippen LogP contribution is 2.33. The second-order valence-corrected chi connectivity index (χ2v) is 4.97. The predicted molar refractivity (Wildman–Crippen MR) is 84.1 cm³/mol. The molecule has 1 heterocycles. The van der Waals surface area contributed by atoms with E-state index in [0.717, 1.165) is 29.1 Å². The van der Waals surface area contributed by atoms with Crippen molar-refractivity contribution >= 4 is 11.6 Å². The van der Waals surface area contributed by atoms with Gasteiger partial charge in [-0.15, -0.1) is 11.6 Å². The molecule has 114 valence electrons. The Balaban J connectivity index is 2.19. The zero-order chi connectivity index (χ0) is 15.2. The zero-order valence-corrected chi connectivity index (χ0v) is 13.5. The van der Waals surface area contributed by atoms with Crippen LogP contribution in [0.25, 0.3) is 0 Å². The van der Waals surface area contributed by atoms with Crippen LogP contribution in [-0.2, 0) is 26.0 Å². The van der Waals surface area contributed by atoms with Gasteiger partial charge in [0.25, 0.3) is 0 Å². The molecule has 0 spiro atoms. The number of ether oxygens (including phenoxy) is 2. The summed E-state index contributed by atoms with van der Waals surface area (Å²) in [7, 11) is 1.93. The summed E-state index contributed by atoms with van der Waals surface area (Å²) in [6, 6.07) is 7.83. The topological polar surface area (TPSA) is 36.3 Å². The number of benzene rings is 1. The number of para-hydroxylation sites is 1. The molecule has 0 aliphatic rings. The van der Waals surface area contributed by atoms with Crippen LogP contribution >= 0.6 is 11.6 Å². The maximum absolute atomic E-state index is 5.99. The maximum Gasteiger partial charge on any atom is 0.166 e. The van der Waals surface area contributed by atoms with Crippen molar-refractivity contribution in [3.05, 3.63) is 41.2 Å². The van der Waals surface area contributed by atoms with Gasteiger partial charge in [-0.05, 0) is 25.5 Å². The second kappa shape index (κ2) is 7.36. The predicted octanol–water partition coefficient (Wildman–Crippen LogP) is 3.70. The highest BCUT2D eigenvalue weighted by molar-refractivity contribution is 6.17. The van der Waals surface area contributed by atoms with E-state index in [1.807, 2.05) is 36.9 Å². The summed E-state index contributed by atoms with van der Waals surface area (Å²) in [5.41, 5.74) is 3.02. The average molecular weight is 309 g/mol. The summed E-state index contributed by atoms with van der Waals surface area (Å²) in [5.74, 6) is 1.84. The first-order valence-electron chi connectivity index (χ1n) is 7.14. The minimum atomic E-state index is 0.391. The molecular weight excluding hydrogens is 288 g/mol. The summed E-state index contributed by atoms with van der Waals surface area (Å²) in [4.78, 5) is 0. The Bertz CT molecular complexity index is 596. The SMILES string of the molecule is CCOc1cccc(CCl)c1OCc1cc(CC)nn1C. The smallest absolute Gasteiger partial charge is 0.166 e. The lowest BCUT2D eigenvalue weighted by molar-refractivity contribution is 0.261. The average Bonchev–Trinajstić information content (AvgIpc) is 2.86. The summed E-state index contributed by atoms with van der Waals surface area (Å²) in [6.45, 7) is 5.07.